The van der Waals surface area contributed by atoms with E-state index in [0.29, 0.717) is 11.6 Å². The molecule has 21 heavy (non-hydrogen) atoms. The van der Waals surface area contributed by atoms with Gasteiger partial charge in [0.05, 0.1) is 7.11 Å². The summed E-state index contributed by atoms with van der Waals surface area (Å²) in [4.78, 5) is 11.1. The summed E-state index contributed by atoms with van der Waals surface area (Å²) in [7, 11) is 1.29. The van der Waals surface area contributed by atoms with Crippen LogP contribution in [0.25, 0.3) is 0 Å². The number of carbonyl (C=O) groups excluding carboxylic acids is 1. The topological polar surface area (TPSA) is 76.1 Å². The van der Waals surface area contributed by atoms with Gasteiger partial charge < -0.3 is 10.1 Å². The van der Waals surface area contributed by atoms with Gasteiger partial charge in [-0.05, 0) is 44.0 Å². The zero-order chi connectivity index (χ0) is 15.4. The summed E-state index contributed by atoms with van der Waals surface area (Å²) in [6.07, 6.45) is -0.574. The average molecular weight is 286 g/mol. The monoisotopic (exact) mass is 286 g/mol. The van der Waals surface area contributed by atoms with Crippen LogP contribution in [0.5, 0.6) is 0 Å². The smallest absolute Gasteiger partial charge is 0.412 e. The van der Waals surface area contributed by atoms with Crippen LogP contribution in [0, 0.1) is 20.8 Å². The van der Waals surface area contributed by atoms with E-state index < -0.39 is 6.09 Å². The van der Waals surface area contributed by atoms with Crippen LogP contribution in [-0.2, 0) is 4.74 Å². The van der Waals surface area contributed by atoms with Gasteiger partial charge in [0.15, 0.2) is 11.6 Å². The molecule has 110 valence electrons. The Kier molecular flexibility index (Phi) is 4.37. The van der Waals surface area contributed by atoms with Crippen molar-refractivity contribution in [3.63, 3.8) is 0 Å². The molecule has 0 radical (unpaired) electrons. The van der Waals surface area contributed by atoms with Crippen LogP contribution in [0.15, 0.2) is 24.3 Å². The van der Waals surface area contributed by atoms with Crippen molar-refractivity contribution in [3.8, 4) is 0 Å². The molecule has 1 aromatic heterocycles. The van der Waals surface area contributed by atoms with E-state index in [1.165, 1.54) is 12.7 Å². The molecule has 0 aliphatic carbocycles. The summed E-state index contributed by atoms with van der Waals surface area (Å²) in [5, 5.41) is 13.6. The highest BCUT2D eigenvalue weighted by Crippen LogP contribution is 2.25. The number of nitrogens with one attached hydrogen (secondary N) is 2. The molecule has 1 aromatic carbocycles. The van der Waals surface area contributed by atoms with Crippen LogP contribution in [0.2, 0.25) is 0 Å². The lowest BCUT2D eigenvalue weighted by Crippen LogP contribution is -2.12. The molecule has 6 heteroatoms. The van der Waals surface area contributed by atoms with Crippen molar-refractivity contribution >= 4 is 23.4 Å². The molecule has 0 aliphatic rings. The summed E-state index contributed by atoms with van der Waals surface area (Å²) in [5.74, 6) is 0.949. The number of hydrogen-bond donors (Lipinski definition) is 2. The summed E-state index contributed by atoms with van der Waals surface area (Å²) < 4.78 is 4.49. The first-order valence-corrected chi connectivity index (χ1v) is 6.53. The van der Waals surface area contributed by atoms with Crippen LogP contribution in [0.4, 0.5) is 22.1 Å². The molecular formula is C15H18N4O2. The second-order valence-electron chi connectivity index (χ2n) is 4.82. The molecule has 2 N–H and O–H groups in total. The van der Waals surface area contributed by atoms with Crippen molar-refractivity contribution in [1.82, 2.24) is 10.2 Å². The van der Waals surface area contributed by atoms with Crippen molar-refractivity contribution < 1.29 is 9.53 Å². The number of anilines is 3. The van der Waals surface area contributed by atoms with Crippen molar-refractivity contribution in [3.05, 3.63) is 41.0 Å². The van der Waals surface area contributed by atoms with E-state index in [4.69, 9.17) is 0 Å². The van der Waals surface area contributed by atoms with E-state index in [1.807, 2.05) is 13.8 Å². The molecule has 0 atom stereocenters. The van der Waals surface area contributed by atoms with Crippen LogP contribution < -0.4 is 10.6 Å². The lowest BCUT2D eigenvalue weighted by atomic mass is 10.1. The maximum Gasteiger partial charge on any atom is 0.412 e. The fraction of sp³-hybridized carbons (Fsp3) is 0.267. The largest absolute Gasteiger partial charge is 0.453 e. The lowest BCUT2D eigenvalue weighted by molar-refractivity contribution is 0.187. The normalized spacial score (nSPS) is 10.1. The Bertz CT molecular complexity index is 630. The highest BCUT2D eigenvalue weighted by Gasteiger charge is 2.06. The van der Waals surface area contributed by atoms with E-state index in [1.54, 1.807) is 12.1 Å². The Morgan fingerprint density at radius 2 is 1.62 bits per heavy atom. The minimum atomic E-state index is -0.574. The summed E-state index contributed by atoms with van der Waals surface area (Å²) in [5.41, 5.74) is 4.53. The molecule has 0 spiro atoms. The molecule has 0 fully saturated rings. The van der Waals surface area contributed by atoms with Crippen molar-refractivity contribution in [2.45, 2.75) is 20.8 Å². The third kappa shape index (κ3) is 3.68. The number of nitrogens with zero attached hydrogens (tertiary/aromatic N) is 2. The number of aromatic nitrogens is 2. The first-order chi connectivity index (χ1) is 9.99. The molecule has 0 bridgehead atoms. The minimum absolute atomic E-state index is 0.338. The molecule has 2 rings (SSSR count). The van der Waals surface area contributed by atoms with Gasteiger partial charge in [0, 0.05) is 5.69 Å². The second-order valence-corrected chi connectivity index (χ2v) is 4.82. The predicted octanol–water partition coefficient (Wildman–Crippen LogP) is 3.32. The van der Waals surface area contributed by atoms with E-state index in [-0.39, 0.29) is 0 Å². The molecule has 0 unspecified atom stereocenters. The minimum Gasteiger partial charge on any atom is -0.453 e. The van der Waals surface area contributed by atoms with Gasteiger partial charge in [0.2, 0.25) is 0 Å². The van der Waals surface area contributed by atoms with Crippen LogP contribution >= 0.6 is 0 Å². The highest BCUT2D eigenvalue weighted by atomic mass is 16.5. The SMILES string of the molecule is COC(=O)Nc1ccc(Nc2c(C)cc(C)cc2C)nn1. The number of aryl methyl sites for hydroxylation is 3. The Morgan fingerprint density at radius 3 is 2.14 bits per heavy atom. The summed E-state index contributed by atoms with van der Waals surface area (Å²) in [6.45, 7) is 6.16. The number of amides is 1. The Morgan fingerprint density at radius 1 is 1.05 bits per heavy atom. The fourth-order valence-electron chi connectivity index (χ4n) is 2.13. The molecule has 0 saturated carbocycles. The Hall–Kier alpha value is -2.63. The Labute approximate surface area is 123 Å². The van der Waals surface area contributed by atoms with Crippen molar-refractivity contribution in [2.75, 3.05) is 17.7 Å². The number of methoxy groups -OCH3 is 1. The van der Waals surface area contributed by atoms with Crippen molar-refractivity contribution in [1.29, 1.82) is 0 Å². The zero-order valence-corrected chi connectivity index (χ0v) is 12.5. The van der Waals surface area contributed by atoms with E-state index in [9.17, 15) is 4.79 Å². The van der Waals surface area contributed by atoms with Gasteiger partial charge in [-0.1, -0.05) is 17.7 Å². The number of ether oxygens (including phenoxy) is 1. The molecule has 0 aliphatic heterocycles. The quantitative estimate of drug-likeness (QED) is 0.905. The van der Waals surface area contributed by atoms with Gasteiger partial charge >= 0.3 is 6.09 Å². The number of carbonyl (C=O) groups is 1. The van der Waals surface area contributed by atoms with Gasteiger partial charge in [0.25, 0.3) is 0 Å². The molecule has 6 nitrogen and oxygen atoms in total. The molecule has 1 amide bonds. The van der Waals surface area contributed by atoms with Gasteiger partial charge in [-0.3, -0.25) is 5.32 Å². The Balaban J connectivity index is 2.16. The highest BCUT2D eigenvalue weighted by molar-refractivity contribution is 5.83. The van der Waals surface area contributed by atoms with Crippen LogP contribution in [0.1, 0.15) is 16.7 Å². The third-order valence-corrected chi connectivity index (χ3v) is 3.01. The average Bonchev–Trinajstić information content (AvgIpc) is 2.44. The maximum atomic E-state index is 11.1. The number of hydrogen-bond acceptors (Lipinski definition) is 5. The lowest BCUT2D eigenvalue weighted by Gasteiger charge is -2.13. The van der Waals surface area contributed by atoms with Gasteiger partial charge in [-0.25, -0.2) is 4.79 Å². The summed E-state index contributed by atoms with van der Waals surface area (Å²) >= 11 is 0. The number of rotatable bonds is 3. The first-order valence-electron chi connectivity index (χ1n) is 6.53. The van der Waals surface area contributed by atoms with Crippen LogP contribution in [-0.4, -0.2) is 23.4 Å². The third-order valence-electron chi connectivity index (χ3n) is 3.01. The number of benzene rings is 1. The molecular weight excluding hydrogens is 268 g/mol. The van der Waals surface area contributed by atoms with Gasteiger partial charge in [0.1, 0.15) is 0 Å². The van der Waals surface area contributed by atoms with Gasteiger partial charge in [-0.2, -0.15) is 0 Å². The second kappa shape index (κ2) is 6.21. The van der Waals surface area contributed by atoms with E-state index >= 15 is 0 Å². The maximum absolute atomic E-state index is 11.1. The van der Waals surface area contributed by atoms with Crippen molar-refractivity contribution in [2.24, 2.45) is 0 Å². The molecule has 0 saturated heterocycles. The predicted molar refractivity (Wildman–Crippen MR) is 82.0 cm³/mol. The van der Waals surface area contributed by atoms with E-state index in [2.05, 4.69) is 44.6 Å². The summed E-state index contributed by atoms with van der Waals surface area (Å²) in [6, 6.07) is 7.62. The molecule has 2 aromatic rings. The molecule has 1 heterocycles. The zero-order valence-electron chi connectivity index (χ0n) is 12.5. The fourth-order valence-corrected chi connectivity index (χ4v) is 2.13. The van der Waals surface area contributed by atoms with E-state index in [0.717, 1.165) is 16.8 Å². The van der Waals surface area contributed by atoms with Crippen LogP contribution in [0.3, 0.4) is 0 Å². The van der Waals surface area contributed by atoms with Gasteiger partial charge in [-0.15, -0.1) is 10.2 Å². The standard InChI is InChI=1S/C15H18N4O2/c1-9-7-10(2)14(11(3)8-9)16-12-5-6-13(19-18-12)17-15(20)21-4/h5-8H,1-4H3,(H,16,18)(H,17,19,20). The first kappa shape index (κ1) is 14.8.